The number of nitrogens with one attached hydrogen (secondary N) is 1. The summed E-state index contributed by atoms with van der Waals surface area (Å²) in [6.45, 7) is -0.895. The molecule has 0 saturated carbocycles. The first-order chi connectivity index (χ1) is 13.4. The lowest BCUT2D eigenvalue weighted by Gasteiger charge is -2.12. The van der Waals surface area contributed by atoms with Crippen molar-refractivity contribution in [1.82, 2.24) is 5.43 Å². The lowest BCUT2D eigenvalue weighted by molar-refractivity contribution is -0.307. The first-order valence-electron chi connectivity index (χ1n) is 7.80. The molecule has 0 fully saturated rings. The topological polar surface area (TPSA) is 109 Å². The second-order valence-corrected chi connectivity index (χ2v) is 6.97. The maximum Gasteiger partial charge on any atom is 0.277 e. The van der Waals surface area contributed by atoms with Gasteiger partial charge in [0.15, 0.2) is 18.1 Å². The molecule has 0 bridgehead atoms. The summed E-state index contributed by atoms with van der Waals surface area (Å²) in [4.78, 5) is 22.5. The van der Waals surface area contributed by atoms with Crippen LogP contribution < -0.4 is 24.7 Å². The first-order valence-corrected chi connectivity index (χ1v) is 9.38. The molecule has 2 rings (SSSR count). The van der Waals surface area contributed by atoms with Gasteiger partial charge < -0.3 is 24.1 Å². The molecule has 2 aromatic carbocycles. The Bertz CT molecular complexity index is 888. The van der Waals surface area contributed by atoms with E-state index in [4.69, 9.17) is 14.2 Å². The average Bonchev–Trinajstić information content (AvgIpc) is 2.65. The monoisotopic (exact) mass is 513 g/mol. The van der Waals surface area contributed by atoms with E-state index in [1.165, 1.54) is 13.3 Å². The summed E-state index contributed by atoms with van der Waals surface area (Å²) in [7, 11) is 1.50. The van der Waals surface area contributed by atoms with Gasteiger partial charge in [0.1, 0.15) is 12.4 Å². The van der Waals surface area contributed by atoms with Gasteiger partial charge in [-0.05, 0) is 40.2 Å². The van der Waals surface area contributed by atoms with Gasteiger partial charge in [-0.25, -0.2) is 5.43 Å². The lowest BCUT2D eigenvalue weighted by Crippen LogP contribution is -2.29. The molecule has 0 aliphatic carbocycles. The molecule has 28 heavy (non-hydrogen) atoms. The zero-order valence-electron chi connectivity index (χ0n) is 14.6. The number of aliphatic carboxylic acids is 1. The second kappa shape index (κ2) is 10.7. The minimum atomic E-state index is -1.36. The van der Waals surface area contributed by atoms with Gasteiger partial charge in [0.2, 0.25) is 0 Å². The van der Waals surface area contributed by atoms with Gasteiger partial charge in [-0.2, -0.15) is 5.10 Å². The van der Waals surface area contributed by atoms with Crippen LogP contribution in [0.15, 0.2) is 50.4 Å². The van der Waals surface area contributed by atoms with E-state index in [1.54, 1.807) is 36.4 Å². The van der Waals surface area contributed by atoms with Crippen LogP contribution in [0.2, 0.25) is 0 Å². The van der Waals surface area contributed by atoms with Crippen molar-refractivity contribution in [3.05, 3.63) is 50.9 Å². The Hall–Kier alpha value is -2.59. The van der Waals surface area contributed by atoms with E-state index in [2.05, 4.69) is 42.4 Å². The molecule has 0 spiro atoms. The number of carbonyl (C=O) groups is 2. The molecule has 0 aliphatic heterocycles. The van der Waals surface area contributed by atoms with Crippen molar-refractivity contribution in [1.29, 1.82) is 0 Å². The van der Waals surface area contributed by atoms with Crippen LogP contribution in [-0.4, -0.2) is 38.4 Å². The van der Waals surface area contributed by atoms with Crippen molar-refractivity contribution in [2.75, 3.05) is 20.3 Å². The number of para-hydroxylation sites is 2. The molecule has 0 aromatic heterocycles. The van der Waals surface area contributed by atoms with E-state index in [0.29, 0.717) is 26.0 Å². The van der Waals surface area contributed by atoms with Gasteiger partial charge in [-0.3, -0.25) is 4.79 Å². The van der Waals surface area contributed by atoms with Gasteiger partial charge in [-0.15, -0.1) is 0 Å². The quantitative estimate of drug-likeness (QED) is 0.404. The zero-order valence-corrected chi connectivity index (χ0v) is 17.8. The molecule has 0 heterocycles. The Labute approximate surface area is 177 Å². The van der Waals surface area contributed by atoms with Gasteiger partial charge in [-0.1, -0.05) is 28.1 Å². The molecule has 1 amide bonds. The van der Waals surface area contributed by atoms with Crippen LogP contribution in [0.25, 0.3) is 0 Å². The molecule has 2 aromatic rings. The van der Waals surface area contributed by atoms with E-state index >= 15 is 0 Å². The molecule has 0 atom stereocenters. The Kier molecular flexibility index (Phi) is 8.27. The number of carboxylic acids is 1. The molecule has 0 aliphatic rings. The van der Waals surface area contributed by atoms with E-state index in [9.17, 15) is 14.7 Å². The number of carboxylic acid groups (broad SMARTS) is 1. The van der Waals surface area contributed by atoms with Crippen molar-refractivity contribution < 1.29 is 28.9 Å². The molecule has 0 saturated heterocycles. The van der Waals surface area contributed by atoms with Crippen LogP contribution in [0.1, 0.15) is 5.56 Å². The highest BCUT2D eigenvalue weighted by atomic mass is 79.9. The number of hydrogen-bond acceptors (Lipinski definition) is 7. The second-order valence-electron chi connectivity index (χ2n) is 5.20. The summed E-state index contributed by atoms with van der Waals surface area (Å²) in [6, 6.07) is 10.3. The van der Waals surface area contributed by atoms with Gasteiger partial charge in [0.25, 0.3) is 5.91 Å². The highest BCUT2D eigenvalue weighted by Crippen LogP contribution is 2.32. The number of carbonyl (C=O) groups excluding carboxylic acids is 2. The van der Waals surface area contributed by atoms with Gasteiger partial charge in [0, 0.05) is 10.0 Å². The fourth-order valence-electron chi connectivity index (χ4n) is 2.05. The largest absolute Gasteiger partial charge is 0.546 e. The first kappa shape index (κ1) is 21.7. The summed E-state index contributed by atoms with van der Waals surface area (Å²) in [5.41, 5.74) is 2.76. The van der Waals surface area contributed by atoms with Crippen molar-refractivity contribution in [3.63, 3.8) is 0 Å². The Morgan fingerprint density at radius 1 is 1.14 bits per heavy atom. The molecule has 148 valence electrons. The summed E-state index contributed by atoms with van der Waals surface area (Å²) < 4.78 is 16.9. The third-order valence-electron chi connectivity index (χ3n) is 3.19. The maximum absolute atomic E-state index is 11.9. The van der Waals surface area contributed by atoms with Crippen LogP contribution in [0.5, 0.6) is 17.2 Å². The summed E-state index contributed by atoms with van der Waals surface area (Å²) in [5, 5.41) is 14.5. The van der Waals surface area contributed by atoms with Crippen molar-refractivity contribution in [2.24, 2.45) is 5.10 Å². The van der Waals surface area contributed by atoms with Crippen LogP contribution in [0.4, 0.5) is 0 Å². The minimum Gasteiger partial charge on any atom is -0.546 e. The number of methoxy groups -OCH3 is 1. The van der Waals surface area contributed by atoms with Crippen LogP contribution in [-0.2, 0) is 9.59 Å². The van der Waals surface area contributed by atoms with Gasteiger partial charge in [0.05, 0.1) is 23.8 Å². The van der Waals surface area contributed by atoms with Crippen LogP contribution >= 0.6 is 31.9 Å². The minimum absolute atomic E-state index is 0.246. The number of hydrazone groups is 1. The predicted octanol–water partition coefficient (Wildman–Crippen LogP) is 1.88. The highest BCUT2D eigenvalue weighted by molar-refractivity contribution is 9.11. The SMILES string of the molecule is COc1ccccc1OCC(=O)NN=Cc1cc(Br)cc(Br)c1OCC(=O)[O-]. The number of hydrogen-bond donors (Lipinski definition) is 1. The Morgan fingerprint density at radius 3 is 2.54 bits per heavy atom. The molecular formula is C18H15Br2N2O6-. The van der Waals surface area contributed by atoms with Crippen molar-refractivity contribution >= 4 is 50.0 Å². The van der Waals surface area contributed by atoms with Crippen LogP contribution in [0.3, 0.4) is 0 Å². The third-order valence-corrected chi connectivity index (χ3v) is 4.24. The summed E-state index contributed by atoms with van der Waals surface area (Å²) >= 11 is 6.60. The average molecular weight is 515 g/mol. The maximum atomic E-state index is 11.9. The van der Waals surface area contributed by atoms with E-state index in [1.807, 2.05) is 0 Å². The van der Waals surface area contributed by atoms with Crippen LogP contribution in [0, 0.1) is 0 Å². The standard InChI is InChI=1S/C18H16Br2N2O6/c1-26-14-4-2-3-5-15(14)27-9-16(23)22-21-8-11-6-12(19)7-13(20)18(11)28-10-17(24)25/h2-8H,9-10H2,1H3,(H,22,23)(H,24,25)/p-1. The zero-order chi connectivity index (χ0) is 20.5. The number of halogens is 2. The number of rotatable bonds is 9. The lowest BCUT2D eigenvalue weighted by atomic mass is 10.2. The molecule has 1 N–H and O–H groups in total. The molecule has 10 heteroatoms. The predicted molar refractivity (Wildman–Crippen MR) is 107 cm³/mol. The number of benzene rings is 2. The summed E-state index contributed by atoms with van der Waals surface area (Å²) in [5.74, 6) is -0.672. The van der Waals surface area contributed by atoms with Crippen molar-refractivity contribution in [3.8, 4) is 17.2 Å². The highest BCUT2D eigenvalue weighted by Gasteiger charge is 2.10. The fraction of sp³-hybridized carbons (Fsp3) is 0.167. The Morgan fingerprint density at radius 2 is 1.86 bits per heavy atom. The number of nitrogens with zero attached hydrogens (tertiary/aromatic N) is 1. The smallest absolute Gasteiger partial charge is 0.277 e. The molecule has 0 unspecified atom stereocenters. The van der Waals surface area contributed by atoms with E-state index in [-0.39, 0.29) is 12.4 Å². The van der Waals surface area contributed by atoms with Gasteiger partial charge >= 0.3 is 0 Å². The third kappa shape index (κ3) is 6.54. The fourth-order valence-corrected chi connectivity index (χ4v) is 3.42. The normalized spacial score (nSPS) is 10.5. The molecule has 0 radical (unpaired) electrons. The molecule has 8 nitrogen and oxygen atoms in total. The summed E-state index contributed by atoms with van der Waals surface area (Å²) in [6.07, 6.45) is 1.32. The molecular weight excluding hydrogens is 500 g/mol. The van der Waals surface area contributed by atoms with Crippen molar-refractivity contribution in [2.45, 2.75) is 0 Å². The van der Waals surface area contributed by atoms with E-state index < -0.39 is 18.5 Å². The Balaban J connectivity index is 1.99. The van der Waals surface area contributed by atoms with E-state index in [0.717, 1.165) is 0 Å². The number of ether oxygens (including phenoxy) is 3. The number of amides is 1.